The maximum absolute atomic E-state index is 11.4. The molecule has 0 saturated carbocycles. The third kappa shape index (κ3) is 3.06. The monoisotopic (exact) mass is 286 g/mol. The van der Waals surface area contributed by atoms with E-state index in [4.69, 9.17) is 9.47 Å². The predicted molar refractivity (Wildman–Crippen MR) is 80.8 cm³/mol. The average Bonchev–Trinajstić information content (AvgIpc) is 2.45. The molecule has 0 radical (unpaired) electrons. The van der Waals surface area contributed by atoms with Crippen LogP contribution in [0.2, 0.25) is 0 Å². The molecule has 2 aromatic carbocycles. The molecule has 4 nitrogen and oxygen atoms in total. The van der Waals surface area contributed by atoms with Crippen LogP contribution in [0.25, 0.3) is 11.1 Å². The molecule has 0 aliphatic heterocycles. The number of carbonyl (C=O) groups is 1. The Morgan fingerprint density at radius 2 is 1.71 bits per heavy atom. The lowest BCUT2D eigenvalue weighted by Crippen LogP contribution is -2.07. The number of methoxy groups -OCH3 is 1. The van der Waals surface area contributed by atoms with Crippen LogP contribution in [0, 0.1) is 13.8 Å². The molecule has 110 valence electrons. The summed E-state index contributed by atoms with van der Waals surface area (Å²) in [5.74, 6) is -0.682. The van der Waals surface area contributed by atoms with E-state index in [9.17, 15) is 9.90 Å². The number of rotatable bonds is 5. The van der Waals surface area contributed by atoms with Crippen LogP contribution in [-0.4, -0.2) is 25.0 Å². The molecule has 2 aromatic rings. The highest BCUT2D eigenvalue weighted by molar-refractivity contribution is 5.95. The number of ether oxygens (including phenoxy) is 2. The van der Waals surface area contributed by atoms with Crippen molar-refractivity contribution in [1.29, 1.82) is 0 Å². The Bertz CT molecular complexity index is 642. The highest BCUT2D eigenvalue weighted by atomic mass is 16.7. The second-order valence-electron chi connectivity index (χ2n) is 4.81. The molecule has 2 rings (SSSR count). The van der Waals surface area contributed by atoms with Crippen LogP contribution in [0.1, 0.15) is 21.5 Å². The first-order chi connectivity index (χ1) is 10.1. The zero-order chi connectivity index (χ0) is 15.4. The molecule has 0 bridgehead atoms. The SMILES string of the molecule is COCOc1c(C(=O)O)cccc1-c1c(C)cccc1C. The van der Waals surface area contributed by atoms with Gasteiger partial charge < -0.3 is 14.6 Å². The molecular formula is C17H18O4. The second-order valence-corrected chi connectivity index (χ2v) is 4.81. The van der Waals surface area contributed by atoms with Crippen molar-refractivity contribution >= 4 is 5.97 Å². The Morgan fingerprint density at radius 3 is 2.29 bits per heavy atom. The van der Waals surface area contributed by atoms with E-state index < -0.39 is 5.97 Å². The maximum Gasteiger partial charge on any atom is 0.339 e. The zero-order valence-corrected chi connectivity index (χ0v) is 12.3. The number of para-hydroxylation sites is 1. The van der Waals surface area contributed by atoms with Gasteiger partial charge in [-0.3, -0.25) is 0 Å². The molecule has 21 heavy (non-hydrogen) atoms. The first-order valence-electron chi connectivity index (χ1n) is 6.61. The van der Waals surface area contributed by atoms with E-state index in [0.29, 0.717) is 5.75 Å². The summed E-state index contributed by atoms with van der Waals surface area (Å²) in [4.78, 5) is 11.4. The minimum atomic E-state index is -1.02. The van der Waals surface area contributed by atoms with Crippen LogP contribution >= 0.6 is 0 Å². The lowest BCUT2D eigenvalue weighted by molar-refractivity contribution is 0.0487. The Hall–Kier alpha value is -2.33. The molecule has 0 atom stereocenters. The van der Waals surface area contributed by atoms with E-state index in [1.165, 1.54) is 13.2 Å². The zero-order valence-electron chi connectivity index (χ0n) is 12.3. The summed E-state index contributed by atoms with van der Waals surface area (Å²) < 4.78 is 10.5. The minimum Gasteiger partial charge on any atom is -0.478 e. The largest absolute Gasteiger partial charge is 0.478 e. The third-order valence-electron chi connectivity index (χ3n) is 3.32. The van der Waals surface area contributed by atoms with Gasteiger partial charge in [-0.25, -0.2) is 4.79 Å². The standard InChI is InChI=1S/C17H18O4/c1-11-6-4-7-12(2)15(11)13-8-5-9-14(17(18)19)16(13)21-10-20-3/h4-9H,10H2,1-3H3,(H,18,19). The van der Waals surface area contributed by atoms with E-state index in [1.807, 2.05) is 38.1 Å². The number of carboxylic acid groups (broad SMARTS) is 1. The molecule has 1 N–H and O–H groups in total. The molecule has 0 aromatic heterocycles. The maximum atomic E-state index is 11.4. The van der Waals surface area contributed by atoms with Crippen molar-refractivity contribution in [1.82, 2.24) is 0 Å². The summed E-state index contributed by atoms with van der Waals surface area (Å²) >= 11 is 0. The first-order valence-corrected chi connectivity index (χ1v) is 6.61. The van der Waals surface area contributed by atoms with Crippen molar-refractivity contribution in [2.24, 2.45) is 0 Å². The number of aromatic carboxylic acids is 1. The average molecular weight is 286 g/mol. The predicted octanol–water partition coefficient (Wildman–Crippen LogP) is 3.65. The van der Waals surface area contributed by atoms with Gasteiger partial charge in [0.15, 0.2) is 6.79 Å². The summed E-state index contributed by atoms with van der Waals surface area (Å²) in [6.07, 6.45) is 0. The van der Waals surface area contributed by atoms with Gasteiger partial charge in [-0.1, -0.05) is 30.3 Å². The molecule has 0 heterocycles. The fourth-order valence-electron chi connectivity index (χ4n) is 2.41. The van der Waals surface area contributed by atoms with Crippen LogP contribution in [0.5, 0.6) is 5.75 Å². The molecule has 0 spiro atoms. The van der Waals surface area contributed by atoms with Gasteiger partial charge in [-0.15, -0.1) is 0 Å². The number of aryl methyl sites for hydroxylation is 2. The van der Waals surface area contributed by atoms with Gasteiger partial charge in [0.05, 0.1) is 0 Å². The second kappa shape index (κ2) is 6.41. The van der Waals surface area contributed by atoms with E-state index in [-0.39, 0.29) is 12.4 Å². The van der Waals surface area contributed by atoms with Crippen molar-refractivity contribution in [3.63, 3.8) is 0 Å². The van der Waals surface area contributed by atoms with Crippen molar-refractivity contribution in [2.75, 3.05) is 13.9 Å². The van der Waals surface area contributed by atoms with Crippen LogP contribution < -0.4 is 4.74 Å². The number of benzene rings is 2. The Labute approximate surface area is 123 Å². The molecule has 0 fully saturated rings. The van der Waals surface area contributed by atoms with Gasteiger partial charge in [0.2, 0.25) is 0 Å². The molecule has 0 aliphatic rings. The van der Waals surface area contributed by atoms with Gasteiger partial charge in [0, 0.05) is 12.7 Å². The summed E-state index contributed by atoms with van der Waals surface area (Å²) in [5.41, 5.74) is 4.03. The van der Waals surface area contributed by atoms with Gasteiger partial charge >= 0.3 is 5.97 Å². The first kappa shape index (κ1) is 15.1. The van der Waals surface area contributed by atoms with E-state index in [2.05, 4.69) is 0 Å². The molecule has 0 aliphatic carbocycles. The van der Waals surface area contributed by atoms with Gasteiger partial charge in [0.25, 0.3) is 0 Å². The Balaban J connectivity index is 2.68. The lowest BCUT2D eigenvalue weighted by Gasteiger charge is -2.16. The normalized spacial score (nSPS) is 10.4. The fraction of sp³-hybridized carbons (Fsp3) is 0.235. The highest BCUT2D eigenvalue weighted by Gasteiger charge is 2.18. The van der Waals surface area contributed by atoms with Gasteiger partial charge in [0.1, 0.15) is 11.3 Å². The summed E-state index contributed by atoms with van der Waals surface area (Å²) in [6, 6.07) is 11.1. The van der Waals surface area contributed by atoms with Crippen LogP contribution in [0.4, 0.5) is 0 Å². The summed E-state index contributed by atoms with van der Waals surface area (Å²) in [5, 5.41) is 9.35. The summed E-state index contributed by atoms with van der Waals surface area (Å²) in [7, 11) is 1.50. The van der Waals surface area contributed by atoms with Crippen molar-refractivity contribution in [2.45, 2.75) is 13.8 Å². The fourth-order valence-corrected chi connectivity index (χ4v) is 2.41. The van der Waals surface area contributed by atoms with Crippen molar-refractivity contribution < 1.29 is 19.4 Å². The van der Waals surface area contributed by atoms with Crippen LogP contribution in [-0.2, 0) is 4.74 Å². The molecular weight excluding hydrogens is 268 g/mol. The number of hydrogen-bond donors (Lipinski definition) is 1. The Morgan fingerprint density at radius 1 is 1.10 bits per heavy atom. The third-order valence-corrected chi connectivity index (χ3v) is 3.32. The van der Waals surface area contributed by atoms with Crippen molar-refractivity contribution in [3.8, 4) is 16.9 Å². The lowest BCUT2D eigenvalue weighted by atomic mass is 9.93. The summed E-state index contributed by atoms with van der Waals surface area (Å²) in [6.45, 7) is 3.99. The number of hydrogen-bond acceptors (Lipinski definition) is 3. The molecule has 0 amide bonds. The van der Waals surface area contributed by atoms with E-state index in [0.717, 1.165) is 22.3 Å². The van der Waals surface area contributed by atoms with Crippen molar-refractivity contribution in [3.05, 3.63) is 53.1 Å². The van der Waals surface area contributed by atoms with Crippen LogP contribution in [0.15, 0.2) is 36.4 Å². The topological polar surface area (TPSA) is 55.8 Å². The van der Waals surface area contributed by atoms with E-state index in [1.54, 1.807) is 6.07 Å². The molecule has 0 unspecified atom stereocenters. The molecule has 0 saturated heterocycles. The molecule has 4 heteroatoms. The van der Waals surface area contributed by atoms with Gasteiger partial charge in [-0.05, 0) is 36.6 Å². The Kier molecular flexibility index (Phi) is 4.60. The van der Waals surface area contributed by atoms with Crippen LogP contribution in [0.3, 0.4) is 0 Å². The van der Waals surface area contributed by atoms with E-state index >= 15 is 0 Å². The quantitative estimate of drug-likeness (QED) is 0.852. The minimum absolute atomic E-state index is 0.00220. The highest BCUT2D eigenvalue weighted by Crippen LogP contribution is 2.37. The number of carboxylic acids is 1. The van der Waals surface area contributed by atoms with Gasteiger partial charge in [-0.2, -0.15) is 0 Å². The smallest absolute Gasteiger partial charge is 0.339 e.